The average molecular weight is 275 g/mol. The molecule has 0 aromatic heterocycles. The molecule has 1 amide bonds. The zero-order valence-electron chi connectivity index (χ0n) is 11.9. The molecular formula is C16H21NO3. The summed E-state index contributed by atoms with van der Waals surface area (Å²) < 4.78 is 11.4. The van der Waals surface area contributed by atoms with E-state index in [4.69, 9.17) is 9.47 Å². The highest BCUT2D eigenvalue weighted by molar-refractivity contribution is 5.94. The third-order valence-electron chi connectivity index (χ3n) is 4.18. The lowest BCUT2D eigenvalue weighted by Crippen LogP contribution is -2.44. The Balaban J connectivity index is 1.55. The van der Waals surface area contributed by atoms with Gasteiger partial charge in [0.25, 0.3) is 5.91 Å². The first-order chi connectivity index (χ1) is 9.67. The molecule has 1 spiro atoms. The van der Waals surface area contributed by atoms with Crippen LogP contribution in [0.4, 0.5) is 0 Å². The van der Waals surface area contributed by atoms with E-state index in [1.165, 1.54) is 0 Å². The molecule has 1 N–H and O–H groups in total. The second-order valence-electron chi connectivity index (χ2n) is 5.72. The minimum absolute atomic E-state index is 0.0166. The zero-order valence-corrected chi connectivity index (χ0v) is 11.9. The molecule has 4 heteroatoms. The molecule has 1 aliphatic carbocycles. The van der Waals surface area contributed by atoms with E-state index in [-0.39, 0.29) is 17.7 Å². The Kier molecular flexibility index (Phi) is 3.76. The van der Waals surface area contributed by atoms with Gasteiger partial charge in [-0.15, -0.1) is 0 Å². The van der Waals surface area contributed by atoms with Crippen molar-refractivity contribution in [2.75, 3.05) is 13.2 Å². The minimum atomic E-state index is -0.357. The van der Waals surface area contributed by atoms with E-state index in [1.807, 2.05) is 31.2 Å². The molecule has 1 heterocycles. The Morgan fingerprint density at radius 3 is 2.60 bits per heavy atom. The Morgan fingerprint density at radius 1 is 1.25 bits per heavy atom. The molecule has 1 aromatic carbocycles. The van der Waals surface area contributed by atoms with Crippen LogP contribution >= 0.6 is 0 Å². The minimum Gasteiger partial charge on any atom is -0.349 e. The van der Waals surface area contributed by atoms with Crippen LogP contribution in [0, 0.1) is 6.92 Å². The Morgan fingerprint density at radius 2 is 1.95 bits per heavy atom. The quantitative estimate of drug-likeness (QED) is 0.901. The summed E-state index contributed by atoms with van der Waals surface area (Å²) in [6, 6.07) is 7.91. The summed E-state index contributed by atoms with van der Waals surface area (Å²) in [4.78, 5) is 12.2. The summed E-state index contributed by atoms with van der Waals surface area (Å²) in [6.07, 6.45) is 3.56. The van der Waals surface area contributed by atoms with Gasteiger partial charge in [0.1, 0.15) is 0 Å². The van der Waals surface area contributed by atoms with Gasteiger partial charge < -0.3 is 14.8 Å². The van der Waals surface area contributed by atoms with Gasteiger partial charge in [0.15, 0.2) is 5.79 Å². The summed E-state index contributed by atoms with van der Waals surface area (Å²) in [7, 11) is 0. The molecule has 1 saturated carbocycles. The highest BCUT2D eigenvalue weighted by Gasteiger charge is 2.40. The van der Waals surface area contributed by atoms with Crippen LogP contribution in [0.1, 0.15) is 41.6 Å². The van der Waals surface area contributed by atoms with E-state index in [2.05, 4.69) is 5.32 Å². The number of hydrogen-bond acceptors (Lipinski definition) is 3. The van der Waals surface area contributed by atoms with Crippen LogP contribution in [0.15, 0.2) is 24.3 Å². The van der Waals surface area contributed by atoms with Crippen molar-refractivity contribution in [2.24, 2.45) is 0 Å². The molecule has 3 rings (SSSR count). The maximum Gasteiger partial charge on any atom is 0.251 e. The first-order valence-electron chi connectivity index (χ1n) is 7.32. The number of ether oxygens (including phenoxy) is 2. The van der Waals surface area contributed by atoms with E-state index in [1.54, 1.807) is 0 Å². The molecule has 0 unspecified atom stereocenters. The third kappa shape index (κ3) is 2.86. The third-order valence-corrected chi connectivity index (χ3v) is 4.18. The number of carbonyl (C=O) groups excluding carboxylic acids is 1. The fraction of sp³-hybridized carbons (Fsp3) is 0.562. The molecule has 2 aliphatic rings. The summed E-state index contributed by atoms with van der Waals surface area (Å²) in [5.41, 5.74) is 1.84. The number of benzene rings is 1. The van der Waals surface area contributed by atoms with E-state index < -0.39 is 0 Å². The summed E-state index contributed by atoms with van der Waals surface area (Å²) in [5.74, 6) is -0.340. The van der Waals surface area contributed by atoms with Crippen LogP contribution in [0.5, 0.6) is 0 Å². The lowest BCUT2D eigenvalue weighted by molar-refractivity contribution is -0.179. The van der Waals surface area contributed by atoms with Crippen molar-refractivity contribution < 1.29 is 14.3 Å². The second-order valence-corrected chi connectivity index (χ2v) is 5.72. The van der Waals surface area contributed by atoms with Crippen molar-refractivity contribution in [1.82, 2.24) is 5.32 Å². The standard InChI is InChI=1S/C16H21NO3/c1-12-3-2-4-13(11-12)15(18)17-14-5-7-16(8-6-14)19-9-10-20-16/h2-4,11,14H,5-10H2,1H3,(H,17,18). The number of aryl methyl sites for hydroxylation is 1. The Bertz CT molecular complexity index is 484. The lowest BCUT2D eigenvalue weighted by Gasteiger charge is -2.35. The summed E-state index contributed by atoms with van der Waals surface area (Å²) in [5, 5.41) is 3.12. The highest BCUT2D eigenvalue weighted by Crippen LogP contribution is 2.35. The predicted molar refractivity (Wildman–Crippen MR) is 75.5 cm³/mol. The highest BCUT2D eigenvalue weighted by atomic mass is 16.7. The monoisotopic (exact) mass is 275 g/mol. The fourth-order valence-corrected chi connectivity index (χ4v) is 3.04. The van der Waals surface area contributed by atoms with Gasteiger partial charge in [-0.25, -0.2) is 0 Å². The van der Waals surface area contributed by atoms with Crippen LogP contribution in [0.2, 0.25) is 0 Å². The maximum atomic E-state index is 12.2. The number of hydrogen-bond donors (Lipinski definition) is 1. The van der Waals surface area contributed by atoms with Crippen molar-refractivity contribution in [3.8, 4) is 0 Å². The Labute approximate surface area is 119 Å². The van der Waals surface area contributed by atoms with Gasteiger partial charge in [-0.3, -0.25) is 4.79 Å². The van der Waals surface area contributed by atoms with E-state index >= 15 is 0 Å². The van der Waals surface area contributed by atoms with Crippen molar-refractivity contribution in [3.63, 3.8) is 0 Å². The van der Waals surface area contributed by atoms with Crippen LogP contribution < -0.4 is 5.32 Å². The number of nitrogens with one attached hydrogen (secondary N) is 1. The van der Waals surface area contributed by atoms with Crippen LogP contribution in [0.3, 0.4) is 0 Å². The van der Waals surface area contributed by atoms with Gasteiger partial charge >= 0.3 is 0 Å². The number of amides is 1. The zero-order chi connectivity index (χ0) is 14.0. The largest absolute Gasteiger partial charge is 0.349 e. The van der Waals surface area contributed by atoms with Gasteiger partial charge in [-0.2, -0.15) is 0 Å². The molecule has 20 heavy (non-hydrogen) atoms. The lowest BCUT2D eigenvalue weighted by atomic mass is 9.90. The maximum absolute atomic E-state index is 12.2. The van der Waals surface area contributed by atoms with Crippen LogP contribution in [-0.4, -0.2) is 30.9 Å². The van der Waals surface area contributed by atoms with Crippen LogP contribution in [-0.2, 0) is 9.47 Å². The molecular weight excluding hydrogens is 254 g/mol. The molecule has 1 saturated heterocycles. The van der Waals surface area contributed by atoms with Crippen molar-refractivity contribution in [2.45, 2.75) is 44.4 Å². The summed E-state index contributed by atoms with van der Waals surface area (Å²) >= 11 is 0. The fourth-order valence-electron chi connectivity index (χ4n) is 3.04. The van der Waals surface area contributed by atoms with Gasteiger partial charge in [0, 0.05) is 24.4 Å². The van der Waals surface area contributed by atoms with Crippen LogP contribution in [0.25, 0.3) is 0 Å². The number of rotatable bonds is 2. The van der Waals surface area contributed by atoms with E-state index in [0.717, 1.165) is 36.8 Å². The van der Waals surface area contributed by atoms with Gasteiger partial charge in [0.05, 0.1) is 13.2 Å². The predicted octanol–water partition coefficient (Wildman–Crippen LogP) is 2.41. The van der Waals surface area contributed by atoms with Gasteiger partial charge in [-0.1, -0.05) is 17.7 Å². The van der Waals surface area contributed by atoms with E-state index in [9.17, 15) is 4.79 Å². The number of carbonyl (C=O) groups is 1. The smallest absolute Gasteiger partial charge is 0.251 e. The van der Waals surface area contributed by atoms with Crippen molar-refractivity contribution >= 4 is 5.91 Å². The molecule has 0 radical (unpaired) electrons. The first-order valence-corrected chi connectivity index (χ1v) is 7.32. The molecule has 108 valence electrons. The molecule has 4 nitrogen and oxygen atoms in total. The second kappa shape index (κ2) is 5.54. The van der Waals surface area contributed by atoms with Gasteiger partial charge in [-0.05, 0) is 31.9 Å². The molecule has 1 aromatic rings. The topological polar surface area (TPSA) is 47.6 Å². The molecule has 0 atom stereocenters. The molecule has 1 aliphatic heterocycles. The normalized spacial score (nSPS) is 22.1. The van der Waals surface area contributed by atoms with E-state index in [0.29, 0.717) is 13.2 Å². The van der Waals surface area contributed by atoms with Crippen molar-refractivity contribution in [1.29, 1.82) is 0 Å². The molecule has 2 fully saturated rings. The Hall–Kier alpha value is -1.39. The van der Waals surface area contributed by atoms with Gasteiger partial charge in [0.2, 0.25) is 0 Å². The average Bonchev–Trinajstić information content (AvgIpc) is 2.90. The summed E-state index contributed by atoms with van der Waals surface area (Å²) in [6.45, 7) is 3.39. The SMILES string of the molecule is Cc1cccc(C(=O)NC2CCC3(CC2)OCCO3)c1. The first kappa shape index (κ1) is 13.6. The molecule has 0 bridgehead atoms. The van der Waals surface area contributed by atoms with Crippen molar-refractivity contribution in [3.05, 3.63) is 35.4 Å².